The Bertz CT molecular complexity index is 490. The molecule has 0 bridgehead atoms. The average Bonchev–Trinajstić information content (AvgIpc) is 3.42. The maximum absolute atomic E-state index is 11.8. The van der Waals surface area contributed by atoms with E-state index >= 15 is 0 Å². The van der Waals surface area contributed by atoms with Gasteiger partial charge in [-0.2, -0.15) is 0 Å². The van der Waals surface area contributed by atoms with Gasteiger partial charge in [0, 0.05) is 6.54 Å². The number of hydrogen-bond donors (Lipinski definition) is 1. The lowest BCUT2D eigenvalue weighted by molar-refractivity contribution is -0.123. The van der Waals surface area contributed by atoms with E-state index in [1.165, 1.54) is 44.9 Å². The van der Waals surface area contributed by atoms with Crippen LogP contribution >= 0.6 is 0 Å². The van der Waals surface area contributed by atoms with E-state index in [4.69, 9.17) is 9.47 Å². The normalized spacial score (nSPS) is 18.4. The molecule has 1 aromatic carbocycles. The summed E-state index contributed by atoms with van der Waals surface area (Å²) in [6, 6.07) is 7.52. The number of carbonyl (C=O) groups is 1. The molecule has 2 fully saturated rings. The van der Waals surface area contributed by atoms with Crippen molar-refractivity contribution in [1.29, 1.82) is 0 Å². The van der Waals surface area contributed by atoms with E-state index in [-0.39, 0.29) is 12.5 Å². The molecule has 126 valence electrons. The minimum Gasteiger partial charge on any atom is -0.493 e. The monoisotopic (exact) mass is 317 g/mol. The van der Waals surface area contributed by atoms with Crippen LogP contribution in [0.25, 0.3) is 0 Å². The highest BCUT2D eigenvalue weighted by Crippen LogP contribution is 2.29. The average molecular weight is 317 g/mol. The van der Waals surface area contributed by atoms with Crippen LogP contribution in [-0.2, 0) is 4.79 Å². The zero-order chi connectivity index (χ0) is 15.9. The van der Waals surface area contributed by atoms with E-state index < -0.39 is 0 Å². The Kier molecular flexibility index (Phi) is 5.78. The quantitative estimate of drug-likeness (QED) is 0.797. The van der Waals surface area contributed by atoms with Gasteiger partial charge >= 0.3 is 0 Å². The third-order valence-electron chi connectivity index (χ3n) is 4.69. The molecule has 0 aliphatic heterocycles. The van der Waals surface area contributed by atoms with Gasteiger partial charge in [0.15, 0.2) is 6.61 Å². The van der Waals surface area contributed by atoms with Crippen molar-refractivity contribution in [2.45, 2.75) is 44.9 Å². The lowest BCUT2D eigenvalue weighted by atomic mass is 9.89. The second kappa shape index (κ2) is 8.23. The van der Waals surface area contributed by atoms with Crippen molar-refractivity contribution in [3.05, 3.63) is 24.3 Å². The summed E-state index contributed by atoms with van der Waals surface area (Å²) in [5, 5.41) is 2.99. The van der Waals surface area contributed by atoms with Crippen molar-refractivity contribution in [2.24, 2.45) is 11.8 Å². The van der Waals surface area contributed by atoms with Crippen LogP contribution in [0.4, 0.5) is 0 Å². The summed E-state index contributed by atoms with van der Waals surface area (Å²) in [5.41, 5.74) is 0. The van der Waals surface area contributed by atoms with Crippen LogP contribution in [-0.4, -0.2) is 25.7 Å². The second-order valence-corrected chi connectivity index (χ2v) is 6.82. The molecule has 4 nitrogen and oxygen atoms in total. The first-order valence-corrected chi connectivity index (χ1v) is 8.92. The molecule has 23 heavy (non-hydrogen) atoms. The van der Waals surface area contributed by atoms with Crippen LogP contribution in [0.2, 0.25) is 0 Å². The van der Waals surface area contributed by atoms with Crippen LogP contribution in [0.15, 0.2) is 24.3 Å². The Balaban J connectivity index is 1.32. The molecule has 0 radical (unpaired) electrons. The molecule has 0 aromatic heterocycles. The predicted molar refractivity (Wildman–Crippen MR) is 89.7 cm³/mol. The topological polar surface area (TPSA) is 47.6 Å². The van der Waals surface area contributed by atoms with Crippen LogP contribution in [0.3, 0.4) is 0 Å². The number of carbonyl (C=O) groups excluding carboxylic acids is 1. The van der Waals surface area contributed by atoms with Crippen LogP contribution in [0.1, 0.15) is 44.9 Å². The van der Waals surface area contributed by atoms with Crippen molar-refractivity contribution in [3.63, 3.8) is 0 Å². The van der Waals surface area contributed by atoms with Gasteiger partial charge in [-0.1, -0.05) is 19.3 Å². The van der Waals surface area contributed by atoms with E-state index in [2.05, 4.69) is 5.32 Å². The van der Waals surface area contributed by atoms with Crippen molar-refractivity contribution in [3.8, 4) is 11.5 Å². The molecule has 2 aliphatic rings. The smallest absolute Gasteiger partial charge is 0.257 e. The maximum Gasteiger partial charge on any atom is 0.257 e. The molecule has 0 spiro atoms. The molecule has 1 N–H and O–H groups in total. The van der Waals surface area contributed by atoms with Gasteiger partial charge in [0.2, 0.25) is 0 Å². The molecule has 1 amide bonds. The minimum absolute atomic E-state index is 0.0374. The largest absolute Gasteiger partial charge is 0.493 e. The van der Waals surface area contributed by atoms with Crippen molar-refractivity contribution < 1.29 is 14.3 Å². The number of hydrogen-bond acceptors (Lipinski definition) is 3. The summed E-state index contributed by atoms with van der Waals surface area (Å²) in [6.45, 7) is 1.68. The van der Waals surface area contributed by atoms with Gasteiger partial charge in [0.25, 0.3) is 5.91 Å². The van der Waals surface area contributed by atoms with E-state index in [1.54, 1.807) is 0 Å². The number of benzene rings is 1. The molecule has 0 atom stereocenters. The highest BCUT2D eigenvalue weighted by Gasteiger charge is 2.21. The van der Waals surface area contributed by atoms with E-state index in [1.807, 2.05) is 24.3 Å². The van der Waals surface area contributed by atoms with Crippen LogP contribution in [0.5, 0.6) is 11.5 Å². The third kappa shape index (κ3) is 5.77. The standard InChI is InChI=1S/C19H27NO3/c21-19(20-12-15-4-2-1-3-5-15)14-23-18-10-8-17(9-11-18)22-13-16-6-7-16/h8-11,15-16H,1-7,12-14H2,(H,20,21). The Morgan fingerprint density at radius 3 is 2.22 bits per heavy atom. The molecular formula is C19H27NO3. The third-order valence-corrected chi connectivity index (χ3v) is 4.69. The maximum atomic E-state index is 11.8. The minimum atomic E-state index is -0.0374. The van der Waals surface area contributed by atoms with Crippen molar-refractivity contribution in [2.75, 3.05) is 19.8 Å². The SMILES string of the molecule is O=C(COc1ccc(OCC2CC2)cc1)NCC1CCCCC1. The number of ether oxygens (including phenoxy) is 2. The number of amides is 1. The fraction of sp³-hybridized carbons (Fsp3) is 0.632. The fourth-order valence-electron chi connectivity index (χ4n) is 2.98. The van der Waals surface area contributed by atoms with Gasteiger partial charge in [0.1, 0.15) is 11.5 Å². The molecule has 0 saturated heterocycles. The van der Waals surface area contributed by atoms with Gasteiger partial charge < -0.3 is 14.8 Å². The highest BCUT2D eigenvalue weighted by atomic mass is 16.5. The van der Waals surface area contributed by atoms with Crippen molar-refractivity contribution in [1.82, 2.24) is 5.32 Å². The lowest BCUT2D eigenvalue weighted by Crippen LogP contribution is -2.33. The second-order valence-electron chi connectivity index (χ2n) is 6.82. The molecule has 2 saturated carbocycles. The number of nitrogens with one attached hydrogen (secondary N) is 1. The molecule has 1 aromatic rings. The van der Waals surface area contributed by atoms with Crippen LogP contribution < -0.4 is 14.8 Å². The molecule has 3 rings (SSSR count). The van der Waals surface area contributed by atoms with Gasteiger partial charge in [-0.3, -0.25) is 4.79 Å². The Labute approximate surface area is 138 Å². The summed E-state index contributed by atoms with van der Waals surface area (Å²) in [4.78, 5) is 11.8. The van der Waals surface area contributed by atoms with E-state index in [0.717, 1.165) is 24.8 Å². The Hall–Kier alpha value is -1.71. The van der Waals surface area contributed by atoms with Gasteiger partial charge in [0.05, 0.1) is 6.61 Å². The fourth-order valence-corrected chi connectivity index (χ4v) is 2.98. The van der Waals surface area contributed by atoms with Gasteiger partial charge in [-0.05, 0) is 61.8 Å². The molecule has 4 heteroatoms. The summed E-state index contributed by atoms with van der Waals surface area (Å²) in [6.07, 6.45) is 8.99. The molecule has 2 aliphatic carbocycles. The summed E-state index contributed by atoms with van der Waals surface area (Å²) >= 11 is 0. The highest BCUT2D eigenvalue weighted by molar-refractivity contribution is 5.77. The first kappa shape index (κ1) is 16.2. The van der Waals surface area contributed by atoms with E-state index in [9.17, 15) is 4.79 Å². The number of rotatable bonds is 8. The summed E-state index contributed by atoms with van der Waals surface area (Å²) < 4.78 is 11.2. The summed E-state index contributed by atoms with van der Waals surface area (Å²) in [5.74, 6) is 2.93. The molecule has 0 heterocycles. The van der Waals surface area contributed by atoms with Crippen molar-refractivity contribution >= 4 is 5.91 Å². The van der Waals surface area contributed by atoms with Gasteiger partial charge in [-0.25, -0.2) is 0 Å². The zero-order valence-electron chi connectivity index (χ0n) is 13.8. The first-order valence-electron chi connectivity index (χ1n) is 8.92. The lowest BCUT2D eigenvalue weighted by Gasteiger charge is -2.21. The zero-order valence-corrected chi connectivity index (χ0v) is 13.8. The Morgan fingerprint density at radius 2 is 1.57 bits per heavy atom. The van der Waals surface area contributed by atoms with Gasteiger partial charge in [-0.15, -0.1) is 0 Å². The molecule has 0 unspecified atom stereocenters. The molecular weight excluding hydrogens is 290 g/mol. The van der Waals surface area contributed by atoms with Crippen LogP contribution in [0, 0.1) is 11.8 Å². The Morgan fingerprint density at radius 1 is 0.913 bits per heavy atom. The summed E-state index contributed by atoms with van der Waals surface area (Å²) in [7, 11) is 0. The first-order chi connectivity index (χ1) is 11.3. The predicted octanol–water partition coefficient (Wildman–Crippen LogP) is 3.55. The van der Waals surface area contributed by atoms with E-state index in [0.29, 0.717) is 11.7 Å².